The number of amides is 1. The van der Waals surface area contributed by atoms with Gasteiger partial charge in [-0.2, -0.15) is 0 Å². The average Bonchev–Trinajstić information content (AvgIpc) is 2.66. The van der Waals surface area contributed by atoms with E-state index in [4.69, 9.17) is 5.73 Å². The van der Waals surface area contributed by atoms with Gasteiger partial charge in [0, 0.05) is 18.1 Å². The van der Waals surface area contributed by atoms with Crippen molar-refractivity contribution >= 4 is 25.6 Å². The van der Waals surface area contributed by atoms with Gasteiger partial charge in [0.15, 0.2) is 24.7 Å². The molecule has 0 aliphatic rings. The van der Waals surface area contributed by atoms with E-state index in [1.54, 1.807) is 0 Å². The molecule has 0 spiro atoms. The molecule has 1 heterocycles. The maximum absolute atomic E-state index is 13.4. The van der Waals surface area contributed by atoms with E-state index in [2.05, 4.69) is 4.98 Å². The summed E-state index contributed by atoms with van der Waals surface area (Å²) in [5.41, 5.74) is 3.60. The predicted molar refractivity (Wildman–Crippen MR) is 110 cm³/mol. The lowest BCUT2D eigenvalue weighted by Gasteiger charge is -2.16. The van der Waals surface area contributed by atoms with Crippen molar-refractivity contribution in [2.75, 3.05) is 12.5 Å². The Hall–Kier alpha value is -3.38. The largest absolute Gasteiger partial charge is 0.365 e. The van der Waals surface area contributed by atoms with Crippen molar-refractivity contribution in [2.24, 2.45) is 5.73 Å². The van der Waals surface area contributed by atoms with Crippen LogP contribution in [0.2, 0.25) is 0 Å². The van der Waals surface area contributed by atoms with Crippen LogP contribution in [0.4, 0.5) is 4.39 Å². The standard InChI is InChI=1S/C19H16FN3O6S2/c1-30(26,27)14-9-7-13(8-10-14)23-17(11-3-5-12(20)6-4-11)22-18(31(2,28)29)15(16(21)24)19(23)25/h3-10H,1-2H3,(H2,21,24). The average molecular weight is 465 g/mol. The fourth-order valence-corrected chi connectivity index (χ4v) is 4.30. The monoisotopic (exact) mass is 465 g/mol. The number of hydrogen-bond donors (Lipinski definition) is 1. The fourth-order valence-electron chi connectivity index (χ4n) is 2.86. The Bertz CT molecular complexity index is 1460. The number of primary amides is 1. The second kappa shape index (κ2) is 7.71. The van der Waals surface area contributed by atoms with Gasteiger partial charge in [0.2, 0.25) is 0 Å². The van der Waals surface area contributed by atoms with Crippen LogP contribution in [0.3, 0.4) is 0 Å². The number of sulfone groups is 2. The van der Waals surface area contributed by atoms with Gasteiger partial charge < -0.3 is 5.73 Å². The second-order valence-corrected chi connectivity index (χ2v) is 10.6. The quantitative estimate of drug-likeness (QED) is 0.552. The normalized spacial score (nSPS) is 12.0. The Kier molecular flexibility index (Phi) is 5.54. The molecular formula is C19H16FN3O6S2. The van der Waals surface area contributed by atoms with Gasteiger partial charge in [-0.1, -0.05) is 0 Å². The molecule has 0 unspecified atom stereocenters. The Labute approximate surface area is 176 Å². The number of rotatable bonds is 5. The minimum Gasteiger partial charge on any atom is -0.365 e. The molecule has 0 aliphatic heterocycles. The lowest BCUT2D eigenvalue weighted by Crippen LogP contribution is -2.34. The lowest BCUT2D eigenvalue weighted by molar-refractivity contribution is 0.0994. The summed E-state index contributed by atoms with van der Waals surface area (Å²) in [4.78, 5) is 29.1. The van der Waals surface area contributed by atoms with Crippen LogP contribution < -0.4 is 11.3 Å². The van der Waals surface area contributed by atoms with Gasteiger partial charge in [-0.15, -0.1) is 0 Å². The summed E-state index contributed by atoms with van der Waals surface area (Å²) < 4.78 is 62.2. The molecule has 31 heavy (non-hydrogen) atoms. The van der Waals surface area contributed by atoms with Crippen LogP contribution in [0.5, 0.6) is 0 Å². The molecule has 1 aromatic heterocycles. The number of hydrogen-bond acceptors (Lipinski definition) is 7. The smallest absolute Gasteiger partial charge is 0.272 e. The van der Waals surface area contributed by atoms with Crippen molar-refractivity contribution in [1.29, 1.82) is 0 Å². The minimum absolute atomic E-state index is 0.0246. The van der Waals surface area contributed by atoms with E-state index in [1.165, 1.54) is 36.4 Å². The SMILES string of the molecule is CS(=O)(=O)c1ccc(-n2c(-c3ccc(F)cc3)nc(S(C)(=O)=O)c(C(N)=O)c2=O)cc1. The number of carbonyl (C=O) groups is 1. The third-order valence-electron chi connectivity index (χ3n) is 4.27. The van der Waals surface area contributed by atoms with E-state index in [9.17, 15) is 30.8 Å². The first-order chi connectivity index (χ1) is 14.3. The summed E-state index contributed by atoms with van der Waals surface area (Å²) in [7, 11) is -7.67. The molecule has 2 aromatic carbocycles. The number of aromatic nitrogens is 2. The summed E-state index contributed by atoms with van der Waals surface area (Å²) in [6.45, 7) is 0. The number of carbonyl (C=O) groups excluding carboxylic acids is 1. The van der Waals surface area contributed by atoms with Crippen LogP contribution in [0.1, 0.15) is 10.4 Å². The molecule has 1 amide bonds. The molecule has 2 N–H and O–H groups in total. The number of nitrogens with zero attached hydrogens (tertiary/aromatic N) is 2. The van der Waals surface area contributed by atoms with E-state index in [0.29, 0.717) is 0 Å². The van der Waals surface area contributed by atoms with Crippen LogP contribution in [0, 0.1) is 5.82 Å². The molecule has 162 valence electrons. The highest BCUT2D eigenvalue weighted by Crippen LogP contribution is 2.24. The van der Waals surface area contributed by atoms with Crippen LogP contribution in [-0.2, 0) is 19.7 Å². The van der Waals surface area contributed by atoms with Crippen LogP contribution >= 0.6 is 0 Å². The summed E-state index contributed by atoms with van der Waals surface area (Å²) in [6.07, 6.45) is 1.77. The van der Waals surface area contributed by atoms with Crippen LogP contribution in [0.15, 0.2) is 63.2 Å². The minimum atomic E-state index is -4.14. The highest BCUT2D eigenvalue weighted by molar-refractivity contribution is 7.91. The molecule has 0 fully saturated rings. The van der Waals surface area contributed by atoms with Crippen LogP contribution in [-0.4, -0.2) is 44.8 Å². The number of halogens is 1. The van der Waals surface area contributed by atoms with Crippen molar-refractivity contribution in [3.05, 3.63) is 70.3 Å². The topological polar surface area (TPSA) is 146 Å². The summed E-state index contributed by atoms with van der Waals surface area (Å²) in [6, 6.07) is 9.76. The van der Waals surface area contributed by atoms with Crippen molar-refractivity contribution in [1.82, 2.24) is 9.55 Å². The van der Waals surface area contributed by atoms with Crippen molar-refractivity contribution in [3.8, 4) is 17.1 Å². The number of benzene rings is 2. The predicted octanol–water partition coefficient (Wildman–Crippen LogP) is 0.945. The molecule has 0 bridgehead atoms. The van der Waals surface area contributed by atoms with E-state index in [0.717, 1.165) is 29.2 Å². The first-order valence-corrected chi connectivity index (χ1v) is 12.3. The summed E-state index contributed by atoms with van der Waals surface area (Å²) in [5, 5.41) is -0.812. The van der Waals surface area contributed by atoms with E-state index < -0.39 is 47.5 Å². The van der Waals surface area contributed by atoms with E-state index in [-0.39, 0.29) is 22.0 Å². The molecule has 9 nitrogen and oxygen atoms in total. The first-order valence-electron chi connectivity index (χ1n) is 8.54. The van der Waals surface area contributed by atoms with Gasteiger partial charge in [0.25, 0.3) is 11.5 Å². The van der Waals surface area contributed by atoms with E-state index >= 15 is 0 Å². The van der Waals surface area contributed by atoms with E-state index in [1.807, 2.05) is 0 Å². The number of nitrogens with two attached hydrogens (primary N) is 1. The summed E-state index contributed by atoms with van der Waals surface area (Å²) >= 11 is 0. The molecule has 3 aromatic rings. The Morgan fingerprint density at radius 1 is 0.935 bits per heavy atom. The Morgan fingerprint density at radius 2 is 1.48 bits per heavy atom. The van der Waals surface area contributed by atoms with Crippen molar-refractivity contribution < 1.29 is 26.0 Å². The molecule has 3 rings (SSSR count). The van der Waals surface area contributed by atoms with Gasteiger partial charge in [-0.25, -0.2) is 26.2 Å². The van der Waals surface area contributed by atoms with Gasteiger partial charge in [-0.05, 0) is 48.5 Å². The van der Waals surface area contributed by atoms with Gasteiger partial charge in [0.1, 0.15) is 17.2 Å². The molecule has 12 heteroatoms. The third-order valence-corrected chi connectivity index (χ3v) is 6.40. The highest BCUT2D eigenvalue weighted by Gasteiger charge is 2.28. The van der Waals surface area contributed by atoms with Gasteiger partial charge in [0.05, 0.1) is 10.6 Å². The molecule has 0 aliphatic carbocycles. The zero-order chi connectivity index (χ0) is 23.1. The lowest BCUT2D eigenvalue weighted by atomic mass is 10.1. The molecule has 0 saturated carbocycles. The maximum Gasteiger partial charge on any atom is 0.272 e. The zero-order valence-electron chi connectivity index (χ0n) is 16.2. The van der Waals surface area contributed by atoms with Crippen molar-refractivity contribution in [2.45, 2.75) is 9.92 Å². The Balaban J connectivity index is 2.46. The second-order valence-electron chi connectivity index (χ2n) is 6.67. The maximum atomic E-state index is 13.4. The molecule has 0 radical (unpaired) electrons. The molecule has 0 atom stereocenters. The van der Waals surface area contributed by atoms with Crippen molar-refractivity contribution in [3.63, 3.8) is 0 Å². The van der Waals surface area contributed by atoms with Gasteiger partial charge >= 0.3 is 0 Å². The first kappa shape index (κ1) is 22.3. The fraction of sp³-hybridized carbons (Fsp3) is 0.105. The molecule has 0 saturated heterocycles. The third kappa shape index (κ3) is 4.39. The Morgan fingerprint density at radius 3 is 1.94 bits per heavy atom. The molecular weight excluding hydrogens is 449 g/mol. The van der Waals surface area contributed by atoms with Gasteiger partial charge in [-0.3, -0.25) is 14.2 Å². The summed E-state index contributed by atoms with van der Waals surface area (Å²) in [5.74, 6) is -2.08. The highest BCUT2D eigenvalue weighted by atomic mass is 32.2. The zero-order valence-corrected chi connectivity index (χ0v) is 17.9. The van der Waals surface area contributed by atoms with Crippen LogP contribution in [0.25, 0.3) is 17.1 Å².